The minimum absolute atomic E-state index is 0. The number of aryl methyl sites for hydroxylation is 1. The summed E-state index contributed by atoms with van der Waals surface area (Å²) < 4.78 is 0. The van der Waals surface area contributed by atoms with Crippen molar-refractivity contribution in [3.05, 3.63) is 29.3 Å². The zero-order valence-electron chi connectivity index (χ0n) is 11.8. The lowest BCUT2D eigenvalue weighted by Gasteiger charge is -2.14. The first kappa shape index (κ1) is 20.5. The molecule has 0 aliphatic heterocycles. The molecule has 1 amide bonds. The average molecular weight is 308 g/mol. The van der Waals surface area contributed by atoms with Crippen molar-refractivity contribution in [3.8, 4) is 0 Å². The number of hydrogen-bond acceptors (Lipinski definition) is 3. The van der Waals surface area contributed by atoms with Crippen LogP contribution in [-0.2, 0) is 11.3 Å². The van der Waals surface area contributed by atoms with Crippen molar-refractivity contribution in [1.82, 2.24) is 4.90 Å². The number of amides is 1. The number of anilines is 1. The summed E-state index contributed by atoms with van der Waals surface area (Å²) in [6.45, 7) is 4.49. The molecule has 0 fully saturated rings. The largest absolute Gasteiger partial charge is 0.324 e. The number of nitrogens with zero attached hydrogens (tertiary/aromatic N) is 1. The van der Waals surface area contributed by atoms with E-state index in [0.717, 1.165) is 17.8 Å². The Bertz CT molecular complexity index is 409. The molecule has 0 bridgehead atoms. The van der Waals surface area contributed by atoms with Gasteiger partial charge in [0.1, 0.15) is 0 Å². The van der Waals surface area contributed by atoms with Gasteiger partial charge >= 0.3 is 0 Å². The molecule has 6 heteroatoms. The SMILES string of the molecule is Cc1ccc(CN(C)C)cc1NC(=O)C(C)N.Cl.Cl. The fourth-order valence-electron chi connectivity index (χ4n) is 1.51. The predicted molar refractivity (Wildman–Crippen MR) is 85.3 cm³/mol. The number of halogens is 2. The molecule has 0 saturated heterocycles. The molecule has 1 unspecified atom stereocenters. The molecule has 4 nitrogen and oxygen atoms in total. The number of nitrogens with two attached hydrogens (primary N) is 1. The van der Waals surface area contributed by atoms with Gasteiger partial charge in [-0.3, -0.25) is 4.79 Å². The zero-order chi connectivity index (χ0) is 13.0. The minimum Gasteiger partial charge on any atom is -0.324 e. The van der Waals surface area contributed by atoms with Crippen LogP contribution in [0.4, 0.5) is 5.69 Å². The van der Waals surface area contributed by atoms with E-state index in [1.807, 2.05) is 33.2 Å². The molecule has 1 aromatic rings. The van der Waals surface area contributed by atoms with Crippen molar-refractivity contribution in [1.29, 1.82) is 0 Å². The Balaban J connectivity index is 0. The molecule has 0 radical (unpaired) electrons. The van der Waals surface area contributed by atoms with Gasteiger partial charge in [-0.2, -0.15) is 0 Å². The lowest BCUT2D eigenvalue weighted by atomic mass is 10.1. The topological polar surface area (TPSA) is 58.4 Å². The van der Waals surface area contributed by atoms with Crippen molar-refractivity contribution in [2.45, 2.75) is 26.4 Å². The minimum atomic E-state index is -0.494. The van der Waals surface area contributed by atoms with Crippen LogP contribution in [0.2, 0.25) is 0 Å². The van der Waals surface area contributed by atoms with Crippen molar-refractivity contribution >= 4 is 36.4 Å². The standard InChI is InChI=1S/C13H21N3O.2ClH/c1-9-5-6-11(8-16(3)4)7-12(9)15-13(17)10(2)14;;/h5-7,10H,8,14H2,1-4H3,(H,15,17);2*1H. The highest BCUT2D eigenvalue weighted by Gasteiger charge is 2.09. The van der Waals surface area contributed by atoms with Crippen molar-refractivity contribution < 1.29 is 4.79 Å². The molecule has 0 spiro atoms. The number of carbonyl (C=O) groups is 1. The lowest BCUT2D eigenvalue weighted by molar-refractivity contribution is -0.117. The van der Waals surface area contributed by atoms with E-state index < -0.39 is 6.04 Å². The Morgan fingerprint density at radius 2 is 1.95 bits per heavy atom. The Morgan fingerprint density at radius 3 is 2.42 bits per heavy atom. The Morgan fingerprint density at radius 1 is 1.37 bits per heavy atom. The molecule has 0 saturated carbocycles. The molecule has 0 aliphatic carbocycles. The number of benzene rings is 1. The van der Waals surface area contributed by atoms with E-state index >= 15 is 0 Å². The van der Waals surface area contributed by atoms with E-state index in [-0.39, 0.29) is 30.7 Å². The molecular formula is C13H23Cl2N3O. The number of rotatable bonds is 4. The summed E-state index contributed by atoms with van der Waals surface area (Å²) in [6, 6.07) is 5.58. The molecule has 19 heavy (non-hydrogen) atoms. The van der Waals surface area contributed by atoms with E-state index in [0.29, 0.717) is 0 Å². The maximum atomic E-state index is 11.6. The van der Waals surface area contributed by atoms with Gasteiger partial charge in [-0.25, -0.2) is 0 Å². The highest BCUT2D eigenvalue weighted by atomic mass is 35.5. The van der Waals surface area contributed by atoms with Gasteiger partial charge in [0, 0.05) is 12.2 Å². The van der Waals surface area contributed by atoms with Crippen LogP contribution in [0, 0.1) is 6.92 Å². The third-order valence-corrected chi connectivity index (χ3v) is 2.47. The van der Waals surface area contributed by atoms with Gasteiger partial charge in [0.2, 0.25) is 5.91 Å². The summed E-state index contributed by atoms with van der Waals surface area (Å²) in [5.74, 6) is -0.157. The highest BCUT2D eigenvalue weighted by molar-refractivity contribution is 5.95. The van der Waals surface area contributed by atoms with Gasteiger partial charge in [-0.1, -0.05) is 12.1 Å². The van der Waals surface area contributed by atoms with E-state index in [1.165, 1.54) is 5.56 Å². The van der Waals surface area contributed by atoms with Crippen LogP contribution in [0.3, 0.4) is 0 Å². The van der Waals surface area contributed by atoms with Crippen molar-refractivity contribution in [3.63, 3.8) is 0 Å². The van der Waals surface area contributed by atoms with Crippen LogP contribution < -0.4 is 11.1 Å². The molecule has 3 N–H and O–H groups in total. The maximum Gasteiger partial charge on any atom is 0.241 e. The summed E-state index contributed by atoms with van der Waals surface area (Å²) in [5, 5.41) is 2.84. The van der Waals surface area contributed by atoms with E-state index in [9.17, 15) is 4.79 Å². The van der Waals surface area contributed by atoms with Gasteiger partial charge in [-0.15, -0.1) is 24.8 Å². The summed E-state index contributed by atoms with van der Waals surface area (Å²) in [5.41, 5.74) is 8.58. The van der Waals surface area contributed by atoms with E-state index in [4.69, 9.17) is 5.73 Å². The second-order valence-electron chi connectivity index (χ2n) is 4.66. The third kappa shape index (κ3) is 6.78. The average Bonchev–Trinajstić information content (AvgIpc) is 2.22. The second kappa shape index (κ2) is 9.15. The molecule has 0 aliphatic rings. The van der Waals surface area contributed by atoms with Gasteiger partial charge < -0.3 is 16.0 Å². The molecule has 1 aromatic carbocycles. The van der Waals surface area contributed by atoms with Gasteiger partial charge in [0.25, 0.3) is 0 Å². The fraction of sp³-hybridized carbons (Fsp3) is 0.462. The van der Waals surface area contributed by atoms with Crippen LogP contribution in [0.5, 0.6) is 0 Å². The molecule has 110 valence electrons. The summed E-state index contributed by atoms with van der Waals surface area (Å²) in [7, 11) is 4.03. The molecular weight excluding hydrogens is 285 g/mol. The Hall–Kier alpha value is -0.810. The second-order valence-corrected chi connectivity index (χ2v) is 4.66. The van der Waals surface area contributed by atoms with E-state index in [1.54, 1.807) is 6.92 Å². The summed E-state index contributed by atoms with van der Waals surface area (Å²) >= 11 is 0. The van der Waals surface area contributed by atoms with Crippen LogP contribution in [0.1, 0.15) is 18.1 Å². The van der Waals surface area contributed by atoms with Gasteiger partial charge in [0.15, 0.2) is 0 Å². The van der Waals surface area contributed by atoms with Gasteiger partial charge in [0.05, 0.1) is 6.04 Å². The fourth-order valence-corrected chi connectivity index (χ4v) is 1.51. The monoisotopic (exact) mass is 307 g/mol. The molecule has 0 aromatic heterocycles. The van der Waals surface area contributed by atoms with Gasteiger partial charge in [-0.05, 0) is 45.1 Å². The number of carbonyl (C=O) groups excluding carboxylic acids is 1. The first-order chi connectivity index (χ1) is 7.90. The maximum absolute atomic E-state index is 11.6. The normalized spacial score (nSPS) is 11.3. The van der Waals surface area contributed by atoms with Crippen molar-refractivity contribution in [2.75, 3.05) is 19.4 Å². The highest BCUT2D eigenvalue weighted by Crippen LogP contribution is 2.17. The third-order valence-electron chi connectivity index (χ3n) is 2.47. The molecule has 0 heterocycles. The summed E-state index contributed by atoms with van der Waals surface area (Å²) in [6.07, 6.45) is 0. The Labute approximate surface area is 127 Å². The van der Waals surface area contributed by atoms with Crippen molar-refractivity contribution in [2.24, 2.45) is 5.73 Å². The lowest BCUT2D eigenvalue weighted by Crippen LogP contribution is -2.32. The smallest absolute Gasteiger partial charge is 0.241 e. The number of nitrogens with one attached hydrogen (secondary N) is 1. The Kier molecular flexibility index (Phi) is 9.88. The molecule has 1 rings (SSSR count). The quantitative estimate of drug-likeness (QED) is 0.896. The van der Waals surface area contributed by atoms with E-state index in [2.05, 4.69) is 16.3 Å². The predicted octanol–water partition coefficient (Wildman–Crippen LogP) is 2.19. The number of hydrogen-bond donors (Lipinski definition) is 2. The van der Waals surface area contributed by atoms with Crippen LogP contribution in [0.25, 0.3) is 0 Å². The summed E-state index contributed by atoms with van der Waals surface area (Å²) in [4.78, 5) is 13.6. The van der Waals surface area contributed by atoms with Crippen LogP contribution >= 0.6 is 24.8 Å². The van der Waals surface area contributed by atoms with Crippen LogP contribution in [-0.4, -0.2) is 30.9 Å². The first-order valence-corrected chi connectivity index (χ1v) is 5.71. The first-order valence-electron chi connectivity index (χ1n) is 5.71. The zero-order valence-corrected chi connectivity index (χ0v) is 13.4. The molecule has 1 atom stereocenters. The van der Waals surface area contributed by atoms with Crippen LogP contribution in [0.15, 0.2) is 18.2 Å².